The first-order valence-electron chi connectivity index (χ1n) is 17.8. The number of rotatable bonds is 14. The molecule has 0 spiro atoms. The van der Waals surface area contributed by atoms with E-state index in [1.165, 1.54) is 38.4 Å². The number of fused-ring (bicyclic) bond motifs is 1. The molecule has 1 saturated carbocycles. The molecule has 1 saturated heterocycles. The number of esters is 1. The number of likely N-dealkylation sites (N-methyl/N-ethyl adjacent to an activating group) is 1. The van der Waals surface area contributed by atoms with Gasteiger partial charge in [0.15, 0.2) is 5.82 Å². The minimum atomic E-state index is -0.799. The van der Waals surface area contributed by atoms with Crippen molar-refractivity contribution < 1.29 is 23.4 Å². The van der Waals surface area contributed by atoms with Gasteiger partial charge in [0, 0.05) is 56.5 Å². The topological polar surface area (TPSA) is 93.5 Å². The van der Waals surface area contributed by atoms with Crippen molar-refractivity contribution in [3.63, 3.8) is 0 Å². The zero-order valence-corrected chi connectivity index (χ0v) is 30.5. The van der Waals surface area contributed by atoms with E-state index in [0.717, 1.165) is 71.9 Å². The third-order valence-corrected chi connectivity index (χ3v) is 10.4. The maximum absolute atomic E-state index is 14.1. The van der Waals surface area contributed by atoms with Crippen LogP contribution in [0.2, 0.25) is 5.02 Å². The van der Waals surface area contributed by atoms with Crippen molar-refractivity contribution in [3.8, 4) is 33.8 Å². The lowest BCUT2D eigenvalue weighted by atomic mass is 9.94. The van der Waals surface area contributed by atoms with E-state index in [1.54, 1.807) is 16.6 Å². The summed E-state index contributed by atoms with van der Waals surface area (Å²) in [6.45, 7) is 8.04. The standard InChI is InChI=1S/C40H44ClFN6O4/c1-26-31(14-15-35(37(26)41)51-21-20-47-18-16-46(2)17-19-47)36-32(28-10-12-30(42)13-11-28)23-48-38(36)39(43-25-44-48)45-33(40(49)50-3)22-29-6-4-5-7-34(29)52-24-27-8-9-27/h4-7,10-15,23,25,27,33H,8-9,16-22,24H2,1-3H3,(H,43,44,45)/t33-/m0/s1. The van der Waals surface area contributed by atoms with E-state index in [2.05, 4.69) is 32.2 Å². The Kier molecular flexibility index (Phi) is 10.9. The molecule has 3 heterocycles. The van der Waals surface area contributed by atoms with Crippen LogP contribution in [0, 0.1) is 18.7 Å². The quantitative estimate of drug-likeness (QED) is 0.124. The molecule has 1 N–H and O–H groups in total. The molecule has 2 aromatic heterocycles. The van der Waals surface area contributed by atoms with Crippen LogP contribution in [0.3, 0.4) is 0 Å². The number of piperazine rings is 1. The van der Waals surface area contributed by atoms with Crippen molar-refractivity contribution in [3.05, 3.63) is 95.2 Å². The van der Waals surface area contributed by atoms with Crippen LogP contribution in [0.5, 0.6) is 11.5 Å². The lowest BCUT2D eigenvalue weighted by molar-refractivity contribution is -0.141. The number of halogens is 2. The van der Waals surface area contributed by atoms with Gasteiger partial charge in [0.2, 0.25) is 0 Å². The molecule has 3 aromatic carbocycles. The van der Waals surface area contributed by atoms with E-state index >= 15 is 0 Å². The van der Waals surface area contributed by atoms with Crippen LogP contribution < -0.4 is 14.8 Å². The normalized spacial score (nSPS) is 15.8. The number of hydrogen-bond acceptors (Lipinski definition) is 9. The molecular formula is C40H44ClFN6O4. The predicted octanol–water partition coefficient (Wildman–Crippen LogP) is 6.78. The first-order chi connectivity index (χ1) is 25.3. The fraction of sp³-hybridized carbons (Fsp3) is 0.375. The Balaban J connectivity index is 1.24. The molecule has 1 aliphatic heterocycles. The van der Waals surface area contributed by atoms with E-state index in [-0.39, 0.29) is 5.82 Å². The zero-order valence-electron chi connectivity index (χ0n) is 29.8. The lowest BCUT2D eigenvalue weighted by Gasteiger charge is -2.32. The Bertz CT molecular complexity index is 2030. The number of benzene rings is 3. The van der Waals surface area contributed by atoms with Crippen LogP contribution in [0.1, 0.15) is 24.0 Å². The van der Waals surface area contributed by atoms with Gasteiger partial charge in [0.1, 0.15) is 41.8 Å². The average molecular weight is 727 g/mol. The fourth-order valence-electron chi connectivity index (χ4n) is 6.66. The fourth-order valence-corrected chi connectivity index (χ4v) is 6.88. The molecule has 12 heteroatoms. The molecule has 7 rings (SSSR count). The van der Waals surface area contributed by atoms with Gasteiger partial charge in [-0.2, -0.15) is 5.10 Å². The molecule has 5 aromatic rings. The van der Waals surface area contributed by atoms with Gasteiger partial charge in [0.05, 0.1) is 18.7 Å². The summed E-state index contributed by atoms with van der Waals surface area (Å²) < 4.78 is 33.5. The predicted molar refractivity (Wildman–Crippen MR) is 201 cm³/mol. The van der Waals surface area contributed by atoms with Gasteiger partial charge in [-0.15, -0.1) is 0 Å². The lowest BCUT2D eigenvalue weighted by Crippen LogP contribution is -2.45. The van der Waals surface area contributed by atoms with Crippen LogP contribution >= 0.6 is 11.6 Å². The third kappa shape index (κ3) is 8.01. The number of carbonyl (C=O) groups is 1. The summed E-state index contributed by atoms with van der Waals surface area (Å²) in [7, 11) is 3.51. The molecule has 1 aliphatic carbocycles. The second-order valence-corrected chi connectivity index (χ2v) is 14.0. The van der Waals surface area contributed by atoms with E-state index in [1.807, 2.05) is 49.5 Å². The van der Waals surface area contributed by atoms with Gasteiger partial charge in [-0.05, 0) is 79.3 Å². The number of aromatic nitrogens is 3. The molecular weight excluding hydrogens is 683 g/mol. The van der Waals surface area contributed by atoms with Gasteiger partial charge in [-0.1, -0.05) is 48.0 Å². The van der Waals surface area contributed by atoms with Crippen molar-refractivity contribution in [2.75, 3.05) is 65.4 Å². The molecule has 0 unspecified atom stereocenters. The number of carbonyl (C=O) groups excluding carboxylic acids is 1. The highest BCUT2D eigenvalue weighted by molar-refractivity contribution is 6.33. The Hall–Kier alpha value is -4.71. The smallest absolute Gasteiger partial charge is 0.328 e. The highest BCUT2D eigenvalue weighted by atomic mass is 35.5. The van der Waals surface area contributed by atoms with E-state index in [4.69, 9.17) is 25.8 Å². The monoisotopic (exact) mass is 726 g/mol. The molecule has 0 radical (unpaired) electrons. The maximum Gasteiger partial charge on any atom is 0.328 e. The number of nitrogens with one attached hydrogen (secondary N) is 1. The number of nitrogens with zero attached hydrogens (tertiary/aromatic N) is 5. The number of ether oxygens (including phenoxy) is 3. The molecule has 10 nitrogen and oxygen atoms in total. The minimum Gasteiger partial charge on any atom is -0.493 e. The molecule has 272 valence electrons. The van der Waals surface area contributed by atoms with Gasteiger partial charge in [-0.25, -0.2) is 18.7 Å². The van der Waals surface area contributed by atoms with Gasteiger partial charge in [-0.3, -0.25) is 4.90 Å². The molecule has 0 amide bonds. The highest BCUT2D eigenvalue weighted by Crippen LogP contribution is 2.44. The van der Waals surface area contributed by atoms with Crippen LogP contribution in [0.15, 0.2) is 73.2 Å². The zero-order chi connectivity index (χ0) is 36.2. The Morgan fingerprint density at radius 1 is 1.00 bits per heavy atom. The second-order valence-electron chi connectivity index (χ2n) is 13.7. The number of methoxy groups -OCH3 is 1. The van der Waals surface area contributed by atoms with E-state index < -0.39 is 12.0 Å². The van der Waals surface area contributed by atoms with Crippen molar-refractivity contribution >= 4 is 28.9 Å². The van der Waals surface area contributed by atoms with E-state index in [9.17, 15) is 9.18 Å². The van der Waals surface area contributed by atoms with Crippen molar-refractivity contribution in [2.45, 2.75) is 32.2 Å². The molecule has 0 bridgehead atoms. The Labute approximate surface area is 308 Å². The SMILES string of the molecule is COC(=O)[C@H](Cc1ccccc1OCC1CC1)Nc1ncnn2cc(-c3ccc(F)cc3)c(-c3ccc(OCCN4CCN(C)CC4)c(Cl)c3C)c12. The Morgan fingerprint density at radius 2 is 1.77 bits per heavy atom. The summed E-state index contributed by atoms with van der Waals surface area (Å²) in [6, 6.07) is 17.2. The third-order valence-electron chi connectivity index (χ3n) is 9.98. The summed E-state index contributed by atoms with van der Waals surface area (Å²) >= 11 is 7.04. The second kappa shape index (κ2) is 15.9. The van der Waals surface area contributed by atoms with E-state index in [0.29, 0.717) is 47.7 Å². The largest absolute Gasteiger partial charge is 0.493 e. The summed E-state index contributed by atoms with van der Waals surface area (Å²) in [5.74, 6) is 1.57. The maximum atomic E-state index is 14.1. The molecule has 52 heavy (non-hydrogen) atoms. The van der Waals surface area contributed by atoms with Crippen LogP contribution in [0.4, 0.5) is 10.2 Å². The van der Waals surface area contributed by atoms with Gasteiger partial charge in [0.25, 0.3) is 0 Å². The van der Waals surface area contributed by atoms with Crippen LogP contribution in [0.25, 0.3) is 27.8 Å². The van der Waals surface area contributed by atoms with Gasteiger partial charge < -0.3 is 24.4 Å². The summed E-state index contributed by atoms with van der Waals surface area (Å²) in [5.41, 5.74) is 5.47. The number of para-hydroxylation sites is 1. The van der Waals surface area contributed by atoms with Crippen LogP contribution in [-0.4, -0.2) is 96.5 Å². The number of hydrogen-bond donors (Lipinski definition) is 1. The highest BCUT2D eigenvalue weighted by Gasteiger charge is 2.28. The average Bonchev–Trinajstić information content (AvgIpc) is 3.91. The summed E-state index contributed by atoms with van der Waals surface area (Å²) in [5, 5.41) is 8.45. The first-order valence-corrected chi connectivity index (χ1v) is 18.2. The molecule has 2 aliphatic rings. The molecule has 1 atom stereocenters. The minimum absolute atomic E-state index is 0.301. The van der Waals surface area contributed by atoms with Crippen LogP contribution in [-0.2, 0) is 16.0 Å². The van der Waals surface area contributed by atoms with Crippen molar-refractivity contribution in [2.24, 2.45) is 5.92 Å². The summed E-state index contributed by atoms with van der Waals surface area (Å²) in [6.07, 6.45) is 5.97. The molecule has 2 fully saturated rings. The van der Waals surface area contributed by atoms with Crippen molar-refractivity contribution in [1.29, 1.82) is 0 Å². The van der Waals surface area contributed by atoms with Crippen molar-refractivity contribution in [1.82, 2.24) is 24.4 Å². The Morgan fingerprint density at radius 3 is 2.52 bits per heavy atom. The summed E-state index contributed by atoms with van der Waals surface area (Å²) in [4.78, 5) is 22.7. The first kappa shape index (κ1) is 35.7. The number of anilines is 1. The van der Waals surface area contributed by atoms with Gasteiger partial charge >= 0.3 is 5.97 Å².